The molecule has 2 aromatic heterocycles. The zero-order valence-corrected chi connectivity index (χ0v) is 9.72. The van der Waals surface area contributed by atoms with Gasteiger partial charge in [-0.2, -0.15) is 5.26 Å². The number of aromatic nitrogens is 3. The molecule has 18 heavy (non-hydrogen) atoms. The highest BCUT2D eigenvalue weighted by atomic mass is 16.5. The van der Waals surface area contributed by atoms with Crippen molar-refractivity contribution < 1.29 is 9.47 Å². The number of nitrogens with zero attached hydrogens (tertiary/aromatic N) is 3. The van der Waals surface area contributed by atoms with Crippen molar-refractivity contribution >= 4 is 11.0 Å². The van der Waals surface area contributed by atoms with Gasteiger partial charge in [-0.3, -0.25) is 0 Å². The fraction of sp³-hybridized carbons (Fsp3) is 0.417. The average molecular weight is 244 g/mol. The molecule has 6 nitrogen and oxygen atoms in total. The molecule has 92 valence electrons. The van der Waals surface area contributed by atoms with Gasteiger partial charge in [-0.1, -0.05) is 0 Å². The van der Waals surface area contributed by atoms with Gasteiger partial charge >= 0.3 is 0 Å². The van der Waals surface area contributed by atoms with Gasteiger partial charge in [-0.25, -0.2) is 9.97 Å². The molecule has 1 N–H and O–H groups in total. The van der Waals surface area contributed by atoms with Crippen LogP contribution in [0, 0.1) is 11.3 Å². The monoisotopic (exact) mass is 244 g/mol. The smallest absolute Gasteiger partial charge is 0.227 e. The Morgan fingerprint density at radius 2 is 2.22 bits per heavy atom. The molecular formula is C12H12N4O2. The van der Waals surface area contributed by atoms with Gasteiger partial charge in [0.1, 0.15) is 24.1 Å². The predicted molar refractivity (Wildman–Crippen MR) is 63.1 cm³/mol. The molecule has 6 heteroatoms. The summed E-state index contributed by atoms with van der Waals surface area (Å²) in [7, 11) is 0. The minimum atomic E-state index is 0.0956. The third kappa shape index (κ3) is 1.89. The third-order valence-corrected chi connectivity index (χ3v) is 3.00. The lowest BCUT2D eigenvalue weighted by Crippen LogP contribution is -2.26. The van der Waals surface area contributed by atoms with E-state index in [1.54, 1.807) is 6.20 Å². The standard InChI is InChI=1S/C12H12N4O2/c13-5-8-6-14-11-10(8)12(16-7-15-11)18-9-1-3-17-4-2-9/h6-7,9H,1-4H2,(H,14,15,16). The van der Waals surface area contributed by atoms with Crippen LogP contribution in [0.1, 0.15) is 18.4 Å². The minimum absolute atomic E-state index is 0.0956. The van der Waals surface area contributed by atoms with E-state index in [1.807, 2.05) is 0 Å². The fourth-order valence-electron chi connectivity index (χ4n) is 2.06. The van der Waals surface area contributed by atoms with Gasteiger partial charge in [-0.15, -0.1) is 0 Å². The molecule has 3 rings (SSSR count). The van der Waals surface area contributed by atoms with Crippen molar-refractivity contribution in [1.29, 1.82) is 5.26 Å². The van der Waals surface area contributed by atoms with E-state index in [2.05, 4.69) is 21.0 Å². The molecule has 0 amide bonds. The zero-order chi connectivity index (χ0) is 12.4. The second-order valence-corrected chi connectivity index (χ2v) is 4.15. The van der Waals surface area contributed by atoms with Crippen LogP contribution in [0.15, 0.2) is 12.5 Å². The van der Waals surface area contributed by atoms with Gasteiger partial charge < -0.3 is 14.5 Å². The summed E-state index contributed by atoms with van der Waals surface area (Å²) in [6.45, 7) is 1.41. The number of fused-ring (bicyclic) bond motifs is 1. The maximum atomic E-state index is 9.05. The van der Waals surface area contributed by atoms with Crippen molar-refractivity contribution in [3.8, 4) is 11.9 Å². The molecule has 1 saturated heterocycles. The summed E-state index contributed by atoms with van der Waals surface area (Å²) in [5, 5.41) is 9.71. The number of rotatable bonds is 2. The first-order valence-electron chi connectivity index (χ1n) is 5.85. The van der Waals surface area contributed by atoms with Crippen LogP contribution in [0.25, 0.3) is 11.0 Å². The van der Waals surface area contributed by atoms with E-state index >= 15 is 0 Å². The zero-order valence-electron chi connectivity index (χ0n) is 9.72. The highest BCUT2D eigenvalue weighted by Crippen LogP contribution is 2.26. The Morgan fingerprint density at radius 1 is 1.39 bits per heavy atom. The van der Waals surface area contributed by atoms with E-state index in [0.717, 1.165) is 12.8 Å². The van der Waals surface area contributed by atoms with E-state index in [-0.39, 0.29) is 6.10 Å². The van der Waals surface area contributed by atoms with Crippen LogP contribution in [0.2, 0.25) is 0 Å². The molecule has 0 radical (unpaired) electrons. The topological polar surface area (TPSA) is 83.8 Å². The first-order valence-corrected chi connectivity index (χ1v) is 5.85. The normalized spacial score (nSPS) is 16.6. The molecule has 2 aromatic rings. The van der Waals surface area contributed by atoms with Gasteiger partial charge in [0.2, 0.25) is 5.88 Å². The van der Waals surface area contributed by atoms with Crippen LogP contribution in [0.4, 0.5) is 0 Å². The Bertz CT molecular complexity index is 596. The molecule has 1 aliphatic rings. The van der Waals surface area contributed by atoms with Gasteiger partial charge in [-0.05, 0) is 0 Å². The SMILES string of the molecule is N#Cc1c[nH]c2ncnc(OC3CCOCC3)c12. The number of nitriles is 1. The summed E-state index contributed by atoms with van der Waals surface area (Å²) < 4.78 is 11.2. The second kappa shape index (κ2) is 4.63. The molecule has 3 heterocycles. The average Bonchev–Trinajstić information content (AvgIpc) is 2.84. The Morgan fingerprint density at radius 3 is 3.00 bits per heavy atom. The van der Waals surface area contributed by atoms with Crippen molar-refractivity contribution in [2.45, 2.75) is 18.9 Å². The van der Waals surface area contributed by atoms with Gasteiger partial charge in [0.25, 0.3) is 0 Å². The lowest BCUT2D eigenvalue weighted by atomic mass is 10.1. The second-order valence-electron chi connectivity index (χ2n) is 4.15. The molecule has 0 atom stereocenters. The lowest BCUT2D eigenvalue weighted by Gasteiger charge is -2.22. The van der Waals surface area contributed by atoms with Gasteiger partial charge in [0, 0.05) is 19.0 Å². The Hall–Kier alpha value is -2.13. The van der Waals surface area contributed by atoms with E-state index in [0.29, 0.717) is 35.7 Å². The number of H-pyrrole nitrogens is 1. The lowest BCUT2D eigenvalue weighted by molar-refractivity contribution is 0.0244. The quantitative estimate of drug-likeness (QED) is 0.862. The van der Waals surface area contributed by atoms with Crippen molar-refractivity contribution in [2.24, 2.45) is 0 Å². The highest BCUT2D eigenvalue weighted by Gasteiger charge is 2.19. The Kier molecular flexibility index (Phi) is 2.82. The number of aromatic amines is 1. The molecule has 0 aromatic carbocycles. The van der Waals surface area contributed by atoms with Crippen molar-refractivity contribution in [1.82, 2.24) is 15.0 Å². The summed E-state index contributed by atoms with van der Waals surface area (Å²) in [6.07, 6.45) is 4.85. The summed E-state index contributed by atoms with van der Waals surface area (Å²) >= 11 is 0. The summed E-state index contributed by atoms with van der Waals surface area (Å²) in [6, 6.07) is 2.11. The first-order chi connectivity index (χ1) is 8.88. The Labute approximate surface area is 104 Å². The van der Waals surface area contributed by atoms with E-state index in [1.165, 1.54) is 6.33 Å². The van der Waals surface area contributed by atoms with Crippen LogP contribution in [-0.2, 0) is 4.74 Å². The van der Waals surface area contributed by atoms with Crippen LogP contribution in [0.3, 0.4) is 0 Å². The van der Waals surface area contributed by atoms with Crippen LogP contribution >= 0.6 is 0 Å². The summed E-state index contributed by atoms with van der Waals surface area (Å²) in [5.74, 6) is 0.477. The van der Waals surface area contributed by atoms with Crippen LogP contribution < -0.4 is 4.74 Å². The van der Waals surface area contributed by atoms with Crippen molar-refractivity contribution in [3.05, 3.63) is 18.1 Å². The predicted octanol–water partition coefficient (Wildman–Crippen LogP) is 1.39. The molecule has 0 unspecified atom stereocenters. The van der Waals surface area contributed by atoms with Gasteiger partial charge in [0.15, 0.2) is 0 Å². The molecule has 1 aliphatic heterocycles. The third-order valence-electron chi connectivity index (χ3n) is 3.00. The van der Waals surface area contributed by atoms with Crippen molar-refractivity contribution in [3.63, 3.8) is 0 Å². The molecular weight excluding hydrogens is 232 g/mol. The van der Waals surface area contributed by atoms with E-state index in [9.17, 15) is 0 Å². The molecule has 0 saturated carbocycles. The van der Waals surface area contributed by atoms with E-state index < -0.39 is 0 Å². The number of hydrogen-bond acceptors (Lipinski definition) is 5. The highest BCUT2D eigenvalue weighted by molar-refractivity contribution is 5.87. The number of nitrogens with one attached hydrogen (secondary N) is 1. The largest absolute Gasteiger partial charge is 0.474 e. The number of hydrogen-bond donors (Lipinski definition) is 1. The number of ether oxygens (including phenoxy) is 2. The molecule has 1 fully saturated rings. The van der Waals surface area contributed by atoms with Crippen LogP contribution in [-0.4, -0.2) is 34.3 Å². The maximum Gasteiger partial charge on any atom is 0.227 e. The van der Waals surface area contributed by atoms with Gasteiger partial charge in [0.05, 0.1) is 24.2 Å². The molecule has 0 aliphatic carbocycles. The molecule has 0 spiro atoms. The van der Waals surface area contributed by atoms with E-state index in [4.69, 9.17) is 14.7 Å². The Balaban J connectivity index is 1.95. The fourth-order valence-corrected chi connectivity index (χ4v) is 2.06. The first kappa shape index (κ1) is 11.0. The summed E-state index contributed by atoms with van der Waals surface area (Å²) in [5.41, 5.74) is 1.14. The van der Waals surface area contributed by atoms with Crippen LogP contribution in [0.5, 0.6) is 5.88 Å². The maximum absolute atomic E-state index is 9.05. The molecule has 0 bridgehead atoms. The van der Waals surface area contributed by atoms with Crippen molar-refractivity contribution in [2.75, 3.05) is 13.2 Å². The summed E-state index contributed by atoms with van der Waals surface area (Å²) in [4.78, 5) is 11.2. The minimum Gasteiger partial charge on any atom is -0.474 e.